The lowest BCUT2D eigenvalue weighted by atomic mass is 10.1. The largest absolute Gasteiger partial charge is 0.478 e. The third-order valence-corrected chi connectivity index (χ3v) is 2.34. The first-order valence-electron chi connectivity index (χ1n) is 5.70. The number of carboxylic acids is 1. The molecule has 1 rings (SSSR count). The molecule has 0 spiro atoms. The molecule has 0 heterocycles. The number of benzene rings is 1. The number of nitrogens with one attached hydrogen (secondary N) is 1. The Morgan fingerprint density at radius 2 is 2.18 bits per heavy atom. The smallest absolute Gasteiger partial charge is 0.335 e. The van der Waals surface area contributed by atoms with Crippen molar-refractivity contribution in [3.05, 3.63) is 29.3 Å². The van der Waals surface area contributed by atoms with Crippen LogP contribution in [-0.4, -0.2) is 30.3 Å². The van der Waals surface area contributed by atoms with Crippen molar-refractivity contribution in [2.24, 2.45) is 0 Å². The third-order valence-electron chi connectivity index (χ3n) is 2.34. The van der Waals surface area contributed by atoms with E-state index in [0.717, 1.165) is 11.3 Å². The molecule has 1 aromatic carbocycles. The molecule has 94 valence electrons. The van der Waals surface area contributed by atoms with Gasteiger partial charge in [0.05, 0.1) is 18.3 Å². The molecule has 1 aromatic rings. The lowest BCUT2D eigenvalue weighted by Gasteiger charge is -2.10. The summed E-state index contributed by atoms with van der Waals surface area (Å²) < 4.78 is 5.40. The molecule has 0 fully saturated rings. The number of ether oxygens (including phenoxy) is 1. The van der Waals surface area contributed by atoms with Crippen LogP contribution in [0.5, 0.6) is 0 Å². The molecule has 0 aliphatic carbocycles. The van der Waals surface area contributed by atoms with Crippen molar-refractivity contribution in [2.45, 2.75) is 26.9 Å². The maximum atomic E-state index is 10.8. The Morgan fingerprint density at radius 1 is 1.47 bits per heavy atom. The lowest BCUT2D eigenvalue weighted by molar-refractivity contribution is 0.0696. The molecule has 0 saturated heterocycles. The van der Waals surface area contributed by atoms with E-state index in [4.69, 9.17) is 9.84 Å². The number of rotatable bonds is 6. The minimum atomic E-state index is -0.891. The molecule has 0 unspecified atom stereocenters. The second kappa shape index (κ2) is 6.25. The Hall–Kier alpha value is -1.55. The lowest BCUT2D eigenvalue weighted by Crippen LogP contribution is -2.13. The van der Waals surface area contributed by atoms with E-state index < -0.39 is 5.97 Å². The second-order valence-corrected chi connectivity index (χ2v) is 4.18. The number of anilines is 1. The van der Waals surface area contributed by atoms with E-state index in [1.807, 2.05) is 19.9 Å². The zero-order valence-electron chi connectivity index (χ0n) is 10.5. The topological polar surface area (TPSA) is 58.6 Å². The minimum absolute atomic E-state index is 0.230. The highest BCUT2D eigenvalue weighted by atomic mass is 16.5. The molecule has 4 nitrogen and oxygen atoms in total. The van der Waals surface area contributed by atoms with Gasteiger partial charge in [0.25, 0.3) is 0 Å². The summed E-state index contributed by atoms with van der Waals surface area (Å²) in [5.74, 6) is -0.891. The fourth-order valence-corrected chi connectivity index (χ4v) is 1.50. The van der Waals surface area contributed by atoms with Crippen LogP contribution in [0, 0.1) is 6.92 Å². The Bertz CT molecular complexity index is 388. The molecule has 17 heavy (non-hydrogen) atoms. The molecule has 0 aromatic heterocycles. The predicted molar refractivity (Wildman–Crippen MR) is 67.7 cm³/mol. The molecule has 0 bridgehead atoms. The first-order chi connectivity index (χ1) is 8.00. The average Bonchev–Trinajstić information content (AvgIpc) is 2.23. The maximum absolute atomic E-state index is 10.8. The molecular weight excluding hydrogens is 218 g/mol. The van der Waals surface area contributed by atoms with Crippen molar-refractivity contribution >= 4 is 11.7 Å². The zero-order valence-corrected chi connectivity index (χ0v) is 10.5. The van der Waals surface area contributed by atoms with Gasteiger partial charge in [0.15, 0.2) is 0 Å². The summed E-state index contributed by atoms with van der Waals surface area (Å²) in [6.45, 7) is 7.12. The highest BCUT2D eigenvalue weighted by Gasteiger charge is 2.06. The maximum Gasteiger partial charge on any atom is 0.335 e. The summed E-state index contributed by atoms with van der Waals surface area (Å²) >= 11 is 0. The van der Waals surface area contributed by atoms with Gasteiger partial charge in [-0.15, -0.1) is 0 Å². The number of aromatic carboxylic acids is 1. The number of hydrogen-bond acceptors (Lipinski definition) is 3. The van der Waals surface area contributed by atoms with Crippen LogP contribution in [-0.2, 0) is 4.74 Å². The van der Waals surface area contributed by atoms with Gasteiger partial charge in [0, 0.05) is 12.2 Å². The fourth-order valence-electron chi connectivity index (χ4n) is 1.50. The van der Waals surface area contributed by atoms with E-state index in [9.17, 15) is 4.79 Å². The molecule has 0 saturated carbocycles. The van der Waals surface area contributed by atoms with Gasteiger partial charge in [-0.1, -0.05) is 0 Å². The molecule has 0 amide bonds. The van der Waals surface area contributed by atoms with Gasteiger partial charge in [-0.3, -0.25) is 0 Å². The third kappa shape index (κ3) is 4.44. The Kier molecular flexibility index (Phi) is 4.97. The molecule has 0 atom stereocenters. The Morgan fingerprint density at radius 3 is 2.71 bits per heavy atom. The van der Waals surface area contributed by atoms with Crippen molar-refractivity contribution in [3.63, 3.8) is 0 Å². The summed E-state index contributed by atoms with van der Waals surface area (Å²) in [4.78, 5) is 10.8. The number of aryl methyl sites for hydroxylation is 1. The van der Waals surface area contributed by atoms with E-state index in [1.54, 1.807) is 19.1 Å². The molecule has 2 N–H and O–H groups in total. The van der Waals surface area contributed by atoms with Crippen LogP contribution >= 0.6 is 0 Å². The summed E-state index contributed by atoms with van der Waals surface area (Å²) in [6.07, 6.45) is 0.230. The predicted octanol–water partition coefficient (Wildman–Crippen LogP) is 2.53. The normalized spacial score (nSPS) is 10.6. The van der Waals surface area contributed by atoms with E-state index in [-0.39, 0.29) is 6.10 Å². The summed E-state index contributed by atoms with van der Waals surface area (Å²) in [7, 11) is 0. The van der Waals surface area contributed by atoms with Gasteiger partial charge in [0.2, 0.25) is 0 Å². The highest BCUT2D eigenvalue weighted by Crippen LogP contribution is 2.14. The van der Waals surface area contributed by atoms with Crippen LogP contribution in [0.2, 0.25) is 0 Å². The SMILES string of the molecule is Cc1cc(NCCOC(C)C)ccc1C(=O)O. The summed E-state index contributed by atoms with van der Waals surface area (Å²) in [6, 6.07) is 5.22. The first-order valence-corrected chi connectivity index (χ1v) is 5.70. The number of carboxylic acid groups (broad SMARTS) is 1. The number of hydrogen-bond donors (Lipinski definition) is 2. The molecule has 0 aliphatic rings. The van der Waals surface area contributed by atoms with E-state index >= 15 is 0 Å². The quantitative estimate of drug-likeness (QED) is 0.746. The Labute approximate surface area is 102 Å². The molecule has 0 radical (unpaired) electrons. The van der Waals surface area contributed by atoms with Gasteiger partial charge in [-0.25, -0.2) is 4.79 Å². The van der Waals surface area contributed by atoms with E-state index in [0.29, 0.717) is 18.7 Å². The number of carbonyl (C=O) groups is 1. The van der Waals surface area contributed by atoms with Crippen LogP contribution < -0.4 is 5.32 Å². The first kappa shape index (κ1) is 13.5. The van der Waals surface area contributed by atoms with E-state index in [2.05, 4.69) is 5.32 Å². The van der Waals surface area contributed by atoms with Crippen molar-refractivity contribution in [3.8, 4) is 0 Å². The van der Waals surface area contributed by atoms with E-state index in [1.165, 1.54) is 0 Å². The van der Waals surface area contributed by atoms with Crippen LogP contribution in [0.15, 0.2) is 18.2 Å². The van der Waals surface area contributed by atoms with Gasteiger partial charge in [0.1, 0.15) is 0 Å². The van der Waals surface area contributed by atoms with Crippen molar-refractivity contribution in [2.75, 3.05) is 18.5 Å². The highest BCUT2D eigenvalue weighted by molar-refractivity contribution is 5.89. The molecular formula is C13H19NO3. The molecule has 0 aliphatic heterocycles. The zero-order chi connectivity index (χ0) is 12.8. The van der Waals surface area contributed by atoms with Crippen LogP contribution in [0.3, 0.4) is 0 Å². The van der Waals surface area contributed by atoms with Gasteiger partial charge in [-0.05, 0) is 44.5 Å². The summed E-state index contributed by atoms with van der Waals surface area (Å²) in [5.41, 5.74) is 2.01. The van der Waals surface area contributed by atoms with Crippen molar-refractivity contribution in [1.29, 1.82) is 0 Å². The fraction of sp³-hybridized carbons (Fsp3) is 0.462. The van der Waals surface area contributed by atoms with Crippen LogP contribution in [0.1, 0.15) is 29.8 Å². The Balaban J connectivity index is 2.50. The van der Waals surface area contributed by atoms with Crippen LogP contribution in [0.25, 0.3) is 0 Å². The van der Waals surface area contributed by atoms with Gasteiger partial charge < -0.3 is 15.2 Å². The van der Waals surface area contributed by atoms with Gasteiger partial charge in [-0.2, -0.15) is 0 Å². The van der Waals surface area contributed by atoms with Crippen molar-refractivity contribution in [1.82, 2.24) is 0 Å². The molecule has 4 heteroatoms. The minimum Gasteiger partial charge on any atom is -0.478 e. The standard InChI is InChI=1S/C13H19NO3/c1-9(2)17-7-6-14-11-4-5-12(13(15)16)10(3)8-11/h4-5,8-9,14H,6-7H2,1-3H3,(H,15,16). The monoisotopic (exact) mass is 237 g/mol. The van der Waals surface area contributed by atoms with Gasteiger partial charge >= 0.3 is 5.97 Å². The van der Waals surface area contributed by atoms with Crippen molar-refractivity contribution < 1.29 is 14.6 Å². The van der Waals surface area contributed by atoms with Crippen LogP contribution in [0.4, 0.5) is 5.69 Å². The average molecular weight is 237 g/mol. The summed E-state index contributed by atoms with van der Waals surface area (Å²) in [5, 5.41) is 12.1. The second-order valence-electron chi connectivity index (χ2n) is 4.18.